The summed E-state index contributed by atoms with van der Waals surface area (Å²) in [7, 11) is 0. The molecule has 8 aliphatic carbocycles. The van der Waals surface area contributed by atoms with E-state index in [2.05, 4.69) is 110 Å². The van der Waals surface area contributed by atoms with E-state index >= 15 is 0 Å². The topological polar surface area (TPSA) is 159 Å². The van der Waals surface area contributed by atoms with Crippen molar-refractivity contribution >= 4 is 34.1 Å². The number of likely N-dealkylation sites (tertiary alicyclic amines) is 2. The van der Waals surface area contributed by atoms with Gasteiger partial charge in [-0.15, -0.1) is 0 Å². The molecule has 1 aromatic carbocycles. The van der Waals surface area contributed by atoms with Gasteiger partial charge in [0.25, 0.3) is 0 Å². The summed E-state index contributed by atoms with van der Waals surface area (Å²) >= 11 is 2.22. The van der Waals surface area contributed by atoms with Gasteiger partial charge in [0.2, 0.25) is 4.91 Å². The lowest BCUT2D eigenvalue weighted by Gasteiger charge is -2.49. The van der Waals surface area contributed by atoms with E-state index in [0.29, 0.717) is 83.4 Å². The maximum Gasteiger partial charge on any atom is 0.220 e. The van der Waals surface area contributed by atoms with Crippen LogP contribution in [0.3, 0.4) is 0 Å². The third-order valence-corrected chi connectivity index (χ3v) is 26.2. The van der Waals surface area contributed by atoms with Crippen LogP contribution in [0.1, 0.15) is 183 Å². The zero-order chi connectivity index (χ0) is 56.2. The summed E-state index contributed by atoms with van der Waals surface area (Å²) in [5.41, 5.74) is 24.9. The first kappa shape index (κ1) is 58.0. The average Bonchev–Trinajstić information content (AvgIpc) is 4.34. The minimum absolute atomic E-state index is 0.0640. The second kappa shape index (κ2) is 22.5. The molecule has 20 atom stereocenters. The molecule has 4 saturated carbocycles. The molecule has 1 aromatic rings. The van der Waals surface area contributed by atoms with E-state index in [4.69, 9.17) is 20.7 Å². The van der Waals surface area contributed by atoms with Crippen LogP contribution in [0, 0.1) is 79.1 Å². The number of Topliss-reactive ketones (excluding diaryl/α,β-unsaturated/α-hetero) is 1. The molecule has 8 fully saturated rings. The number of aliphatic hydroxyl groups excluding tert-OH is 2. The number of allylic oxidation sites excluding steroid dienone is 4. The Morgan fingerprint density at radius 1 is 0.750 bits per heavy atom. The van der Waals surface area contributed by atoms with Crippen LogP contribution in [-0.4, -0.2) is 106 Å². The van der Waals surface area contributed by atoms with Crippen molar-refractivity contribution < 1.29 is 24.5 Å². The van der Waals surface area contributed by atoms with Crippen molar-refractivity contribution in [3.05, 3.63) is 72.9 Å². The summed E-state index contributed by atoms with van der Waals surface area (Å²) in [5.74, 6) is 7.04. The van der Waals surface area contributed by atoms with Crippen molar-refractivity contribution in [3.8, 4) is 0 Å². The number of ketones is 1. The van der Waals surface area contributed by atoms with Crippen LogP contribution in [0.5, 0.6) is 0 Å². The first-order valence-electron chi connectivity index (χ1n) is 32.4. The van der Waals surface area contributed by atoms with Crippen LogP contribution in [-0.2, 0) is 20.7 Å². The van der Waals surface area contributed by atoms with Gasteiger partial charge in [0.1, 0.15) is 11.3 Å². The van der Waals surface area contributed by atoms with Crippen molar-refractivity contribution in [1.29, 1.82) is 5.53 Å². The molecule has 5 N–H and O–H groups in total. The molecule has 13 rings (SSSR count). The highest BCUT2D eigenvalue weighted by Gasteiger charge is 2.64. The SMILES string of the molecule is CC1=C2C[C@H]3[C@@H](CC=C4C[C@@H](O)CC[C@@]43C)[C@@H]2CC[C@]12O[C@@H]1C[C@H](C)CN(CCCC(=O)CCc3ccc(N=[N+]=N)c(I)c3)[C@H]1[C@H]2C.CC1=C2C[C@H]3[C@@H](CC=C4C[C@@H](O)CC[C@@]43C)[C@@H]2CC[C@]12O[C@@H]1C[C@H](C)CN(CCN)[C@H]1[C@H]2C. The minimum Gasteiger partial charge on any atom is -0.393 e. The van der Waals surface area contributed by atoms with Crippen LogP contribution in [0.4, 0.5) is 5.69 Å². The lowest BCUT2D eigenvalue weighted by Crippen LogP contribution is -2.53. The largest absolute Gasteiger partial charge is 0.393 e. The molecule has 4 saturated heterocycles. The van der Waals surface area contributed by atoms with Gasteiger partial charge in [-0.2, -0.15) is 0 Å². The lowest BCUT2D eigenvalue weighted by molar-refractivity contribution is -0.119. The molecule has 12 heteroatoms. The van der Waals surface area contributed by atoms with E-state index in [1.165, 1.54) is 57.9 Å². The summed E-state index contributed by atoms with van der Waals surface area (Å²) in [6.45, 7) is 24.6. The highest BCUT2D eigenvalue weighted by molar-refractivity contribution is 14.1. The van der Waals surface area contributed by atoms with Gasteiger partial charge in [-0.3, -0.25) is 14.6 Å². The van der Waals surface area contributed by atoms with Crippen LogP contribution < -0.4 is 10.6 Å². The fourth-order valence-corrected chi connectivity index (χ4v) is 22.0. The Labute approximate surface area is 493 Å². The summed E-state index contributed by atoms with van der Waals surface area (Å²) < 4.78 is 15.5. The van der Waals surface area contributed by atoms with Crippen LogP contribution in [0.25, 0.3) is 0 Å². The third-order valence-electron chi connectivity index (χ3n) is 25.4. The van der Waals surface area contributed by atoms with Crippen molar-refractivity contribution in [2.75, 3.05) is 32.7 Å². The number of piperidine rings is 2. The first-order chi connectivity index (χ1) is 38.3. The quantitative estimate of drug-likeness (QED) is 0.0780. The Kier molecular flexibility index (Phi) is 16.3. The maximum atomic E-state index is 13.0. The number of hydrogen-bond donors (Lipinski definition) is 4. The van der Waals surface area contributed by atoms with Crippen LogP contribution in [0.2, 0.25) is 0 Å². The van der Waals surface area contributed by atoms with Gasteiger partial charge >= 0.3 is 0 Å². The summed E-state index contributed by atoms with van der Waals surface area (Å²) in [6, 6.07) is 6.86. The molecule has 4 aliphatic heterocycles. The molecule has 12 aliphatic rings. The molecule has 0 aromatic heterocycles. The maximum absolute atomic E-state index is 13.0. The summed E-state index contributed by atoms with van der Waals surface area (Å²) in [4.78, 5) is 21.5. The minimum atomic E-state index is -0.153. The molecule has 0 unspecified atom stereocenters. The van der Waals surface area contributed by atoms with Gasteiger partial charge in [-0.1, -0.05) is 82.1 Å². The number of nitrogens with zero attached hydrogens (tertiary/aromatic N) is 4. The third kappa shape index (κ3) is 9.77. The van der Waals surface area contributed by atoms with E-state index in [1.54, 1.807) is 33.4 Å². The second-order valence-electron chi connectivity index (χ2n) is 29.3. The summed E-state index contributed by atoms with van der Waals surface area (Å²) in [6.07, 6.45) is 26.4. The van der Waals surface area contributed by atoms with Gasteiger partial charge in [-0.05, 0) is 246 Å². The standard InChI is InChI=1S/C39H54IN4O3.C29H46N2O2/c1-23-18-36-37(44(22-23)17-5-6-28(45)10-7-26-8-12-35(42-43-41)34(40)19-26)25(3)39(47-36)16-14-30-31-11-9-27-20-29(46)13-15-38(27,4)33(31)21-32(30)24(39)2;1-17-13-26-27(31(16-17)12-11-30)19(3)29(33-26)10-8-22-23-6-5-20-14-21(32)7-9-28(20,4)25(23)15-24(22)18(29)2/h8-9,12,19,23,25,29-31,33,36-37,41,46H,5-7,10-11,13-18,20-22H2,1-4H3;5,17,19,21-23,25-27,32H,6-16,30H2,1-4H3/q+1;/t23-,25+,29-,30-,31-,33-,36+,37-,38-,39-;17-,19+,21-,22-,23-,25-,26+,27-,28-,29-/m00/s1. The molecule has 4 heterocycles. The van der Waals surface area contributed by atoms with E-state index in [9.17, 15) is 15.0 Å². The Morgan fingerprint density at radius 2 is 1.26 bits per heavy atom. The smallest absolute Gasteiger partial charge is 0.220 e. The first-order valence-corrected chi connectivity index (χ1v) is 33.5. The van der Waals surface area contributed by atoms with Crippen molar-refractivity contribution in [3.63, 3.8) is 0 Å². The Morgan fingerprint density at radius 3 is 1.75 bits per heavy atom. The molecule has 438 valence electrons. The van der Waals surface area contributed by atoms with Gasteiger partial charge < -0.3 is 25.4 Å². The fourth-order valence-electron chi connectivity index (χ4n) is 21.3. The zero-order valence-electron chi connectivity index (χ0n) is 50.2. The van der Waals surface area contributed by atoms with Crippen molar-refractivity contribution in [2.24, 2.45) is 80.9 Å². The highest BCUT2D eigenvalue weighted by atomic mass is 127. The number of aliphatic hydroxyl groups is 2. The Bertz CT molecular complexity index is 2730. The van der Waals surface area contributed by atoms with E-state index in [-0.39, 0.29) is 34.9 Å². The summed E-state index contributed by atoms with van der Waals surface area (Å²) in [5, 5.41) is 24.6. The van der Waals surface area contributed by atoms with Crippen molar-refractivity contribution in [2.45, 2.75) is 232 Å². The van der Waals surface area contributed by atoms with E-state index in [0.717, 1.165) is 123 Å². The number of halogens is 1. The van der Waals surface area contributed by atoms with Gasteiger partial charge in [-0.25, -0.2) is 0 Å². The number of carbonyl (C=O) groups is 1. The molecule has 11 nitrogen and oxygen atoms in total. The molecule has 0 amide bonds. The molecule has 2 spiro atoms. The van der Waals surface area contributed by atoms with Gasteiger partial charge in [0.15, 0.2) is 10.8 Å². The number of ether oxygens (including phenoxy) is 2. The van der Waals surface area contributed by atoms with E-state index < -0.39 is 0 Å². The average molecular weight is 1210 g/mol. The number of nitrogens with two attached hydrogens (primary N) is 1. The molecular weight excluding hydrogens is 1110 g/mol. The van der Waals surface area contributed by atoms with Gasteiger partial charge in [0, 0.05) is 66.5 Å². The Balaban J connectivity index is 0.000000169. The predicted molar refractivity (Wildman–Crippen MR) is 325 cm³/mol. The number of carbonyl (C=O) groups excluding carboxylic acids is 1. The molecule has 0 bridgehead atoms. The number of rotatable bonds is 10. The number of aryl methyl sites for hydroxylation is 1. The predicted octanol–water partition coefficient (Wildman–Crippen LogP) is 13.2. The molecular formula is C68H100IN6O5+. The zero-order valence-corrected chi connectivity index (χ0v) is 52.3. The number of benzene rings is 1. The number of fused-ring (bicyclic) bond motifs is 12. The molecule has 80 heavy (non-hydrogen) atoms. The van der Waals surface area contributed by atoms with E-state index in [1.807, 2.05) is 18.2 Å². The lowest BCUT2D eigenvalue weighted by atomic mass is 9.56. The number of hydrogen-bond acceptors (Lipinski definition) is 10. The monoisotopic (exact) mass is 1210 g/mol. The van der Waals surface area contributed by atoms with Crippen LogP contribution >= 0.6 is 22.6 Å². The van der Waals surface area contributed by atoms with Gasteiger partial charge in [0.05, 0.1) is 35.6 Å². The number of nitrogens with one attached hydrogen (secondary N) is 1. The highest BCUT2D eigenvalue weighted by Crippen LogP contribution is 2.67. The fraction of sp³-hybridized carbons (Fsp3) is 0.779. The molecule has 0 radical (unpaired) electrons. The normalized spacial score (nSPS) is 44.5. The Hall–Kier alpha value is -2.39. The second-order valence-corrected chi connectivity index (χ2v) is 30.5. The van der Waals surface area contributed by atoms with Crippen molar-refractivity contribution in [1.82, 2.24) is 14.7 Å². The van der Waals surface area contributed by atoms with Crippen LogP contribution in [0.15, 0.2) is 68.9 Å².